The molecule has 1 aliphatic rings. The highest BCUT2D eigenvalue weighted by atomic mass is 16.5. The molecule has 2 aromatic heterocycles. The topological polar surface area (TPSA) is 68.3 Å². The average Bonchev–Trinajstić information content (AvgIpc) is 3.24. The summed E-state index contributed by atoms with van der Waals surface area (Å²) < 4.78 is 7.15. The summed E-state index contributed by atoms with van der Waals surface area (Å²) in [4.78, 5) is 27.0. The Kier molecular flexibility index (Phi) is 4.11. The number of pyridine rings is 1. The second-order valence-corrected chi connectivity index (χ2v) is 6.81. The van der Waals surface area contributed by atoms with Gasteiger partial charge in [-0.15, -0.1) is 0 Å². The Morgan fingerprint density at radius 1 is 1.27 bits per heavy atom. The Labute approximate surface area is 151 Å². The van der Waals surface area contributed by atoms with Gasteiger partial charge >= 0.3 is 0 Å². The summed E-state index contributed by atoms with van der Waals surface area (Å²) in [6, 6.07) is 8.92. The molecule has 26 heavy (non-hydrogen) atoms. The predicted molar refractivity (Wildman–Crippen MR) is 97.9 cm³/mol. The van der Waals surface area contributed by atoms with Gasteiger partial charge in [0.15, 0.2) is 5.43 Å². The van der Waals surface area contributed by atoms with Crippen LogP contribution in [0.5, 0.6) is 0 Å². The van der Waals surface area contributed by atoms with Gasteiger partial charge in [0, 0.05) is 29.8 Å². The largest absolute Gasteiger partial charge is 0.361 e. The van der Waals surface area contributed by atoms with Crippen LogP contribution in [0.3, 0.4) is 0 Å². The Morgan fingerprint density at radius 3 is 2.85 bits per heavy atom. The molecule has 0 saturated carbocycles. The maximum absolute atomic E-state index is 13.0. The second-order valence-electron chi connectivity index (χ2n) is 6.81. The number of amides is 1. The molecular weight excluding hydrogens is 330 g/mol. The highest BCUT2D eigenvalue weighted by Gasteiger charge is 2.33. The summed E-state index contributed by atoms with van der Waals surface area (Å²) in [5.41, 5.74) is 2.63. The fraction of sp³-hybridized carbons (Fsp3) is 0.350. The maximum atomic E-state index is 13.0. The van der Waals surface area contributed by atoms with E-state index < -0.39 is 0 Å². The van der Waals surface area contributed by atoms with Gasteiger partial charge < -0.3 is 14.0 Å². The fourth-order valence-corrected chi connectivity index (χ4v) is 3.97. The number of aromatic nitrogens is 2. The van der Waals surface area contributed by atoms with E-state index >= 15 is 0 Å². The van der Waals surface area contributed by atoms with Crippen molar-refractivity contribution in [2.75, 3.05) is 6.54 Å². The van der Waals surface area contributed by atoms with E-state index in [0.717, 1.165) is 41.9 Å². The molecule has 0 bridgehead atoms. The molecule has 1 aromatic carbocycles. The molecule has 1 saturated heterocycles. The van der Waals surface area contributed by atoms with Crippen molar-refractivity contribution >= 4 is 16.8 Å². The van der Waals surface area contributed by atoms with Crippen molar-refractivity contribution in [3.63, 3.8) is 0 Å². The van der Waals surface area contributed by atoms with E-state index in [1.165, 1.54) is 6.07 Å². The average molecular weight is 351 g/mol. The summed E-state index contributed by atoms with van der Waals surface area (Å²) in [7, 11) is 0. The Hall–Kier alpha value is -2.89. The summed E-state index contributed by atoms with van der Waals surface area (Å²) in [6.07, 6.45) is 3.58. The third-order valence-corrected chi connectivity index (χ3v) is 5.19. The molecule has 1 atom stereocenters. The van der Waals surface area contributed by atoms with Gasteiger partial charge in [-0.25, -0.2) is 0 Å². The molecule has 3 aromatic rings. The number of fused-ring (bicyclic) bond motifs is 1. The number of aryl methyl sites for hydroxylation is 2. The van der Waals surface area contributed by atoms with Gasteiger partial charge in [0.25, 0.3) is 0 Å². The number of hydrogen-bond donors (Lipinski definition) is 0. The van der Waals surface area contributed by atoms with Gasteiger partial charge in [-0.3, -0.25) is 9.59 Å². The van der Waals surface area contributed by atoms with Crippen molar-refractivity contribution in [1.29, 1.82) is 0 Å². The van der Waals surface area contributed by atoms with Gasteiger partial charge in [-0.2, -0.15) is 0 Å². The minimum absolute atomic E-state index is 0.0133. The first-order chi connectivity index (χ1) is 12.6. The number of rotatable bonds is 3. The minimum Gasteiger partial charge on any atom is -0.361 e. The lowest BCUT2D eigenvalue weighted by Gasteiger charge is -2.25. The van der Waals surface area contributed by atoms with E-state index in [1.54, 1.807) is 12.3 Å². The Balaban J connectivity index is 1.65. The third kappa shape index (κ3) is 2.71. The fourth-order valence-electron chi connectivity index (χ4n) is 3.97. The summed E-state index contributed by atoms with van der Waals surface area (Å²) in [6.45, 7) is 4.75. The minimum atomic E-state index is -0.0286. The molecular formula is C20H21N3O3. The highest BCUT2D eigenvalue weighted by Crippen LogP contribution is 2.35. The van der Waals surface area contributed by atoms with Crippen molar-refractivity contribution in [3.8, 4) is 0 Å². The first-order valence-corrected chi connectivity index (χ1v) is 8.86. The Bertz CT molecular complexity index is 1010. The molecule has 4 rings (SSSR count). The van der Waals surface area contributed by atoms with Crippen molar-refractivity contribution < 1.29 is 9.32 Å². The maximum Gasteiger partial charge on any atom is 0.243 e. The molecule has 0 radical (unpaired) electrons. The van der Waals surface area contributed by atoms with Gasteiger partial charge in [-0.1, -0.05) is 17.3 Å². The van der Waals surface area contributed by atoms with Crippen molar-refractivity contribution in [3.05, 3.63) is 63.8 Å². The van der Waals surface area contributed by atoms with E-state index in [4.69, 9.17) is 4.52 Å². The predicted octanol–water partition coefficient (Wildman–Crippen LogP) is 2.97. The SMILES string of the molecule is Cc1noc(C)c1[C@@H]1CCCN1C(=O)Cn1ccc(=O)c2ccccc21. The van der Waals surface area contributed by atoms with Crippen molar-refractivity contribution in [2.45, 2.75) is 39.3 Å². The molecule has 1 fully saturated rings. The summed E-state index contributed by atoms with van der Waals surface area (Å²) in [5, 5.41) is 4.67. The lowest BCUT2D eigenvalue weighted by atomic mass is 10.0. The van der Waals surface area contributed by atoms with Crippen LogP contribution in [0.4, 0.5) is 0 Å². The zero-order valence-corrected chi connectivity index (χ0v) is 14.9. The highest BCUT2D eigenvalue weighted by molar-refractivity contribution is 5.82. The number of likely N-dealkylation sites (tertiary alicyclic amines) is 1. The van der Waals surface area contributed by atoms with Crippen LogP contribution in [0.2, 0.25) is 0 Å². The van der Waals surface area contributed by atoms with Crippen LogP contribution in [0.1, 0.15) is 35.9 Å². The van der Waals surface area contributed by atoms with Crippen LogP contribution < -0.4 is 5.43 Å². The monoisotopic (exact) mass is 351 g/mol. The lowest BCUT2D eigenvalue weighted by molar-refractivity contribution is -0.132. The van der Waals surface area contributed by atoms with Gasteiger partial charge in [0.1, 0.15) is 12.3 Å². The van der Waals surface area contributed by atoms with Gasteiger partial charge in [-0.05, 0) is 38.8 Å². The number of para-hydroxylation sites is 1. The van der Waals surface area contributed by atoms with Gasteiger partial charge in [0.2, 0.25) is 5.91 Å². The number of carbonyl (C=O) groups is 1. The second kappa shape index (κ2) is 6.44. The zero-order valence-electron chi connectivity index (χ0n) is 14.9. The normalized spacial score (nSPS) is 17.2. The smallest absolute Gasteiger partial charge is 0.243 e. The Morgan fingerprint density at radius 2 is 2.08 bits per heavy atom. The van der Waals surface area contributed by atoms with Crippen molar-refractivity contribution in [2.24, 2.45) is 0 Å². The first-order valence-electron chi connectivity index (χ1n) is 8.86. The quantitative estimate of drug-likeness (QED) is 0.727. The number of benzene rings is 1. The third-order valence-electron chi connectivity index (χ3n) is 5.19. The number of hydrogen-bond acceptors (Lipinski definition) is 4. The lowest BCUT2D eigenvalue weighted by Crippen LogP contribution is -2.34. The van der Waals surface area contributed by atoms with Crippen LogP contribution in [-0.4, -0.2) is 27.1 Å². The summed E-state index contributed by atoms with van der Waals surface area (Å²) >= 11 is 0. The van der Waals surface area contributed by atoms with Gasteiger partial charge in [0.05, 0.1) is 17.3 Å². The number of nitrogens with zero attached hydrogens (tertiary/aromatic N) is 3. The molecule has 6 heteroatoms. The molecule has 0 spiro atoms. The summed E-state index contributed by atoms with van der Waals surface area (Å²) in [5.74, 6) is 0.822. The van der Waals surface area contributed by atoms with Crippen LogP contribution in [-0.2, 0) is 11.3 Å². The van der Waals surface area contributed by atoms with Crippen molar-refractivity contribution in [1.82, 2.24) is 14.6 Å². The van der Waals surface area contributed by atoms with Crippen LogP contribution in [0.15, 0.2) is 45.8 Å². The van der Waals surface area contributed by atoms with Crippen LogP contribution in [0, 0.1) is 13.8 Å². The van der Waals surface area contributed by atoms with E-state index in [-0.39, 0.29) is 23.9 Å². The van der Waals surface area contributed by atoms with E-state index in [2.05, 4.69) is 5.16 Å². The molecule has 6 nitrogen and oxygen atoms in total. The molecule has 0 N–H and O–H groups in total. The number of carbonyl (C=O) groups excluding carboxylic acids is 1. The van der Waals surface area contributed by atoms with Crippen LogP contribution in [0.25, 0.3) is 10.9 Å². The molecule has 134 valence electrons. The molecule has 0 unspecified atom stereocenters. The van der Waals surface area contributed by atoms with Crippen LogP contribution >= 0.6 is 0 Å². The first kappa shape index (κ1) is 16.6. The molecule has 3 heterocycles. The standard InChI is InChI=1S/C20H21N3O3/c1-13-20(14(2)26-21-13)17-8-5-10-23(17)19(25)12-22-11-9-18(24)15-6-3-4-7-16(15)22/h3-4,6-7,9,11,17H,5,8,10,12H2,1-2H3/t17-/m0/s1. The van der Waals surface area contributed by atoms with E-state index in [1.807, 2.05) is 41.5 Å². The molecule has 1 amide bonds. The zero-order chi connectivity index (χ0) is 18.3. The molecule has 0 aliphatic carbocycles. The molecule has 1 aliphatic heterocycles. The van der Waals surface area contributed by atoms with E-state index in [9.17, 15) is 9.59 Å². The van der Waals surface area contributed by atoms with E-state index in [0.29, 0.717) is 5.39 Å².